The third-order valence-electron chi connectivity index (χ3n) is 3.25. The van der Waals surface area contributed by atoms with Crippen LogP contribution in [0.15, 0.2) is 48.5 Å². The molecule has 0 saturated carbocycles. The second kappa shape index (κ2) is 5.97. The van der Waals surface area contributed by atoms with Gasteiger partial charge in [-0.3, -0.25) is 5.84 Å². The lowest BCUT2D eigenvalue weighted by molar-refractivity contribution is 0.306. The fourth-order valence-electron chi connectivity index (χ4n) is 1.92. The molecule has 3 N–H and O–H groups in total. The van der Waals surface area contributed by atoms with Crippen LogP contribution in [-0.4, -0.2) is 0 Å². The van der Waals surface area contributed by atoms with Gasteiger partial charge in [0.25, 0.3) is 0 Å². The molecule has 0 aliphatic carbocycles. The number of nitrogens with two attached hydrogens (primary N) is 1. The van der Waals surface area contributed by atoms with Crippen LogP contribution in [0.3, 0.4) is 0 Å². The molecule has 0 fully saturated rings. The van der Waals surface area contributed by atoms with Gasteiger partial charge in [0.2, 0.25) is 0 Å². The number of rotatable bonds is 4. The number of nitrogens with one attached hydrogen (secondary N) is 1. The molecule has 3 nitrogen and oxygen atoms in total. The highest BCUT2D eigenvalue weighted by Gasteiger charge is 2.12. The Morgan fingerprint density at radius 3 is 2.05 bits per heavy atom. The maximum absolute atomic E-state index is 5.75. The first kappa shape index (κ1) is 14.4. The van der Waals surface area contributed by atoms with Gasteiger partial charge in [-0.2, -0.15) is 0 Å². The number of ether oxygens (including phenoxy) is 1. The Morgan fingerprint density at radius 2 is 1.55 bits per heavy atom. The lowest BCUT2D eigenvalue weighted by atomic mass is 9.87. The molecule has 0 amide bonds. The van der Waals surface area contributed by atoms with Crippen LogP contribution in [0.1, 0.15) is 31.9 Å². The standard InChI is InChI=1S/C17H22N2O/c1-17(2,3)14-6-4-13(5-7-14)12-20-16-10-8-15(19-18)9-11-16/h4-11,19H,12,18H2,1-3H3. The van der Waals surface area contributed by atoms with Gasteiger partial charge in [0.15, 0.2) is 0 Å². The summed E-state index contributed by atoms with van der Waals surface area (Å²) in [7, 11) is 0. The van der Waals surface area contributed by atoms with Gasteiger partial charge in [-0.25, -0.2) is 0 Å². The molecule has 0 aliphatic rings. The van der Waals surface area contributed by atoms with Crippen LogP contribution in [0.2, 0.25) is 0 Å². The summed E-state index contributed by atoms with van der Waals surface area (Å²) >= 11 is 0. The Morgan fingerprint density at radius 1 is 0.950 bits per heavy atom. The van der Waals surface area contributed by atoms with Crippen molar-refractivity contribution < 1.29 is 4.74 Å². The van der Waals surface area contributed by atoms with Crippen molar-refractivity contribution in [1.82, 2.24) is 0 Å². The van der Waals surface area contributed by atoms with Gasteiger partial charge < -0.3 is 10.2 Å². The second-order valence-corrected chi connectivity index (χ2v) is 5.90. The molecule has 0 radical (unpaired) electrons. The van der Waals surface area contributed by atoms with Gasteiger partial charge in [0.1, 0.15) is 12.4 Å². The van der Waals surface area contributed by atoms with Gasteiger partial charge in [-0.1, -0.05) is 45.0 Å². The van der Waals surface area contributed by atoms with Crippen molar-refractivity contribution in [2.75, 3.05) is 5.43 Å². The zero-order valence-corrected chi connectivity index (χ0v) is 12.3. The molecule has 2 rings (SSSR count). The number of anilines is 1. The van der Waals surface area contributed by atoms with Crippen molar-refractivity contribution >= 4 is 5.69 Å². The molecular formula is C17H22N2O. The first-order valence-corrected chi connectivity index (χ1v) is 6.78. The van der Waals surface area contributed by atoms with Crippen LogP contribution >= 0.6 is 0 Å². The summed E-state index contributed by atoms with van der Waals surface area (Å²) in [6.07, 6.45) is 0. The van der Waals surface area contributed by atoms with E-state index in [0.717, 1.165) is 11.4 Å². The van der Waals surface area contributed by atoms with Crippen molar-refractivity contribution in [2.24, 2.45) is 5.84 Å². The highest BCUT2D eigenvalue weighted by atomic mass is 16.5. The quantitative estimate of drug-likeness (QED) is 0.655. The van der Waals surface area contributed by atoms with Crippen LogP contribution in [0.25, 0.3) is 0 Å². The predicted octanol–water partition coefficient (Wildman–Crippen LogP) is 3.85. The van der Waals surface area contributed by atoms with E-state index in [9.17, 15) is 0 Å². The van der Waals surface area contributed by atoms with Crippen LogP contribution in [-0.2, 0) is 12.0 Å². The summed E-state index contributed by atoms with van der Waals surface area (Å²) in [5, 5.41) is 0. The number of hydrogen-bond donors (Lipinski definition) is 2. The summed E-state index contributed by atoms with van der Waals surface area (Å²) in [6, 6.07) is 16.2. The third kappa shape index (κ3) is 3.75. The van der Waals surface area contributed by atoms with E-state index in [1.54, 1.807) is 0 Å². The second-order valence-electron chi connectivity index (χ2n) is 5.90. The molecule has 2 aromatic rings. The molecule has 0 unspecified atom stereocenters. The normalized spacial score (nSPS) is 11.2. The average Bonchev–Trinajstić information content (AvgIpc) is 2.45. The molecule has 106 valence electrons. The fraction of sp³-hybridized carbons (Fsp3) is 0.294. The molecule has 0 bridgehead atoms. The van der Waals surface area contributed by atoms with E-state index in [1.165, 1.54) is 11.1 Å². The summed E-state index contributed by atoms with van der Waals surface area (Å²) in [4.78, 5) is 0. The molecule has 0 spiro atoms. The monoisotopic (exact) mass is 270 g/mol. The van der Waals surface area contributed by atoms with Crippen LogP contribution in [0.4, 0.5) is 5.69 Å². The van der Waals surface area contributed by atoms with Crippen LogP contribution < -0.4 is 16.0 Å². The van der Waals surface area contributed by atoms with Crippen molar-refractivity contribution in [3.8, 4) is 5.75 Å². The Labute approximate surface area is 120 Å². The Hall–Kier alpha value is -2.00. The van der Waals surface area contributed by atoms with E-state index >= 15 is 0 Å². The highest BCUT2D eigenvalue weighted by Crippen LogP contribution is 2.23. The first-order valence-electron chi connectivity index (χ1n) is 6.78. The molecule has 20 heavy (non-hydrogen) atoms. The summed E-state index contributed by atoms with van der Waals surface area (Å²) in [5.41, 5.74) is 6.14. The molecule has 0 saturated heterocycles. The van der Waals surface area contributed by atoms with Crippen LogP contribution in [0.5, 0.6) is 5.75 Å². The van der Waals surface area contributed by atoms with Gasteiger partial charge >= 0.3 is 0 Å². The van der Waals surface area contributed by atoms with Crippen LogP contribution in [0, 0.1) is 0 Å². The lowest BCUT2D eigenvalue weighted by Crippen LogP contribution is -2.10. The van der Waals surface area contributed by atoms with Crippen molar-refractivity contribution in [1.29, 1.82) is 0 Å². The number of hydrogen-bond acceptors (Lipinski definition) is 3. The molecule has 0 atom stereocenters. The van der Waals surface area contributed by atoms with Gasteiger partial charge in [-0.05, 0) is 40.8 Å². The maximum Gasteiger partial charge on any atom is 0.119 e. The topological polar surface area (TPSA) is 47.3 Å². The summed E-state index contributed by atoms with van der Waals surface area (Å²) in [5.74, 6) is 6.16. The average molecular weight is 270 g/mol. The molecule has 0 aliphatic heterocycles. The lowest BCUT2D eigenvalue weighted by Gasteiger charge is -2.19. The van der Waals surface area contributed by atoms with Crippen molar-refractivity contribution in [2.45, 2.75) is 32.8 Å². The van der Waals surface area contributed by atoms with Gasteiger partial charge in [0.05, 0.1) is 0 Å². The molecule has 2 aromatic carbocycles. The SMILES string of the molecule is CC(C)(C)c1ccc(COc2ccc(NN)cc2)cc1. The Balaban J connectivity index is 1.96. The minimum Gasteiger partial charge on any atom is -0.489 e. The first-order chi connectivity index (χ1) is 9.49. The Bertz CT molecular complexity index is 539. The van der Waals surface area contributed by atoms with E-state index < -0.39 is 0 Å². The Kier molecular flexibility index (Phi) is 4.30. The number of nitrogen functional groups attached to an aromatic ring is 1. The van der Waals surface area contributed by atoms with Gasteiger partial charge in [-0.15, -0.1) is 0 Å². The van der Waals surface area contributed by atoms with E-state index in [2.05, 4.69) is 50.5 Å². The minimum atomic E-state index is 0.185. The van der Waals surface area contributed by atoms with E-state index in [4.69, 9.17) is 10.6 Å². The predicted molar refractivity (Wildman–Crippen MR) is 83.7 cm³/mol. The van der Waals surface area contributed by atoms with Crippen molar-refractivity contribution in [3.63, 3.8) is 0 Å². The van der Waals surface area contributed by atoms with E-state index in [-0.39, 0.29) is 5.41 Å². The van der Waals surface area contributed by atoms with Gasteiger partial charge in [0, 0.05) is 5.69 Å². The zero-order valence-electron chi connectivity index (χ0n) is 12.3. The highest BCUT2D eigenvalue weighted by molar-refractivity contribution is 5.45. The molecular weight excluding hydrogens is 248 g/mol. The van der Waals surface area contributed by atoms with E-state index in [0.29, 0.717) is 6.61 Å². The number of benzene rings is 2. The summed E-state index contributed by atoms with van der Waals surface area (Å²) < 4.78 is 5.75. The smallest absolute Gasteiger partial charge is 0.119 e. The zero-order chi connectivity index (χ0) is 14.6. The third-order valence-corrected chi connectivity index (χ3v) is 3.25. The molecule has 0 heterocycles. The molecule has 3 heteroatoms. The number of hydrazine groups is 1. The fourth-order valence-corrected chi connectivity index (χ4v) is 1.92. The largest absolute Gasteiger partial charge is 0.489 e. The minimum absolute atomic E-state index is 0.185. The maximum atomic E-state index is 5.75. The molecule has 0 aromatic heterocycles. The summed E-state index contributed by atoms with van der Waals surface area (Å²) in [6.45, 7) is 7.21. The van der Waals surface area contributed by atoms with E-state index in [1.807, 2.05) is 24.3 Å². The van der Waals surface area contributed by atoms with Crippen molar-refractivity contribution in [3.05, 3.63) is 59.7 Å².